The monoisotopic (exact) mass is 261 g/mol. The number of nitro groups is 1. The topological polar surface area (TPSA) is 60.2 Å². The van der Waals surface area contributed by atoms with Crippen LogP contribution in [0.25, 0.3) is 0 Å². The summed E-state index contributed by atoms with van der Waals surface area (Å²) in [5, 5.41) is 10.4. The minimum absolute atomic E-state index is 0.116. The van der Waals surface area contributed by atoms with E-state index in [1.807, 2.05) is 0 Å². The molecule has 0 amide bonds. The molecule has 1 rings (SSSR count). The second-order valence-electron chi connectivity index (χ2n) is 2.57. The Kier molecular flexibility index (Phi) is 2.95. The molecule has 0 atom stereocenters. The highest BCUT2D eigenvalue weighted by Gasteiger charge is 2.21. The van der Waals surface area contributed by atoms with Crippen molar-refractivity contribution in [3.63, 3.8) is 0 Å². The minimum Gasteiger partial charge on any atom is -0.294 e. The van der Waals surface area contributed by atoms with Gasteiger partial charge in [-0.25, -0.2) is 4.39 Å². The van der Waals surface area contributed by atoms with Crippen molar-refractivity contribution in [2.75, 3.05) is 0 Å². The third-order valence-corrected chi connectivity index (χ3v) is 2.42. The van der Waals surface area contributed by atoms with Crippen LogP contribution >= 0.6 is 15.9 Å². The van der Waals surface area contributed by atoms with Gasteiger partial charge in [-0.2, -0.15) is 0 Å². The van der Waals surface area contributed by atoms with Gasteiger partial charge in [-0.05, 0) is 28.9 Å². The van der Waals surface area contributed by atoms with Crippen molar-refractivity contribution in [1.29, 1.82) is 0 Å². The molecule has 0 aliphatic heterocycles. The van der Waals surface area contributed by atoms with Crippen LogP contribution in [0.4, 0.5) is 10.1 Å². The van der Waals surface area contributed by atoms with Crippen molar-refractivity contribution in [2.24, 2.45) is 0 Å². The summed E-state index contributed by atoms with van der Waals surface area (Å²) in [4.78, 5) is 20.7. The van der Waals surface area contributed by atoms with Crippen LogP contribution in [0.1, 0.15) is 17.3 Å². The van der Waals surface area contributed by atoms with Crippen molar-refractivity contribution in [1.82, 2.24) is 0 Å². The number of nitro benzene ring substituents is 1. The second kappa shape index (κ2) is 3.83. The molecule has 0 aliphatic carbocycles. The Hall–Kier alpha value is -1.30. The highest BCUT2D eigenvalue weighted by atomic mass is 79.9. The fourth-order valence-electron chi connectivity index (χ4n) is 1.01. The molecule has 0 heterocycles. The molecule has 0 bridgehead atoms. The molecular weight excluding hydrogens is 257 g/mol. The van der Waals surface area contributed by atoms with Gasteiger partial charge in [0.15, 0.2) is 5.78 Å². The van der Waals surface area contributed by atoms with Crippen molar-refractivity contribution in [3.05, 3.63) is 38.1 Å². The molecule has 6 heteroatoms. The van der Waals surface area contributed by atoms with Crippen molar-refractivity contribution in [2.45, 2.75) is 6.92 Å². The third-order valence-electron chi connectivity index (χ3n) is 1.62. The Morgan fingerprint density at radius 3 is 2.57 bits per heavy atom. The summed E-state index contributed by atoms with van der Waals surface area (Å²) in [5.41, 5.74) is -0.615. The van der Waals surface area contributed by atoms with Crippen LogP contribution < -0.4 is 0 Å². The maximum absolute atomic E-state index is 13.1. The molecule has 74 valence electrons. The summed E-state index contributed by atoms with van der Waals surface area (Å²) in [5.74, 6) is -1.33. The SMILES string of the molecule is CC(=O)c1c(F)ccc([N+](=O)[O-])c1Br. The number of ketones is 1. The van der Waals surface area contributed by atoms with E-state index in [2.05, 4.69) is 15.9 Å². The molecule has 0 saturated carbocycles. The van der Waals surface area contributed by atoms with Crippen LogP contribution in [0.15, 0.2) is 16.6 Å². The molecule has 1 aromatic rings. The van der Waals surface area contributed by atoms with E-state index in [1.54, 1.807) is 0 Å². The summed E-state index contributed by atoms with van der Waals surface area (Å²) in [6.07, 6.45) is 0. The number of hydrogen-bond acceptors (Lipinski definition) is 3. The van der Waals surface area contributed by atoms with Crippen LogP contribution in [-0.4, -0.2) is 10.7 Å². The predicted octanol–water partition coefficient (Wildman–Crippen LogP) is 2.70. The lowest BCUT2D eigenvalue weighted by Crippen LogP contribution is -2.01. The normalized spacial score (nSPS) is 9.93. The van der Waals surface area contributed by atoms with Crippen LogP contribution in [0, 0.1) is 15.9 Å². The smallest absolute Gasteiger partial charge is 0.284 e. The third kappa shape index (κ3) is 1.79. The van der Waals surface area contributed by atoms with Gasteiger partial charge in [-0.15, -0.1) is 0 Å². The van der Waals surface area contributed by atoms with Gasteiger partial charge in [0, 0.05) is 6.07 Å². The first-order chi connectivity index (χ1) is 6.45. The summed E-state index contributed by atoms with van der Waals surface area (Å²) in [7, 11) is 0. The van der Waals surface area contributed by atoms with Gasteiger partial charge in [-0.3, -0.25) is 14.9 Å². The van der Waals surface area contributed by atoms with Crippen LogP contribution in [0.2, 0.25) is 0 Å². The van der Waals surface area contributed by atoms with E-state index in [1.165, 1.54) is 0 Å². The fraction of sp³-hybridized carbons (Fsp3) is 0.125. The molecule has 14 heavy (non-hydrogen) atoms. The minimum atomic E-state index is -0.769. The van der Waals surface area contributed by atoms with E-state index in [0.29, 0.717) is 0 Å². The number of rotatable bonds is 2. The van der Waals surface area contributed by atoms with E-state index in [0.717, 1.165) is 19.1 Å². The average Bonchev–Trinajstić information content (AvgIpc) is 2.02. The number of carbonyl (C=O) groups is 1. The molecule has 1 aromatic carbocycles. The molecule has 0 spiro atoms. The first kappa shape index (κ1) is 10.8. The van der Waals surface area contributed by atoms with Crippen molar-refractivity contribution >= 4 is 27.4 Å². The Bertz CT molecular complexity index is 419. The number of nitrogens with zero attached hydrogens (tertiary/aromatic N) is 1. The Labute approximate surface area is 87.0 Å². The highest BCUT2D eigenvalue weighted by Crippen LogP contribution is 2.30. The van der Waals surface area contributed by atoms with Crippen LogP contribution in [0.5, 0.6) is 0 Å². The summed E-state index contributed by atoms with van der Waals surface area (Å²) in [6, 6.07) is 1.91. The lowest BCUT2D eigenvalue weighted by molar-refractivity contribution is -0.385. The number of halogens is 2. The van der Waals surface area contributed by atoms with E-state index in [4.69, 9.17) is 0 Å². The first-order valence-electron chi connectivity index (χ1n) is 3.58. The van der Waals surface area contributed by atoms with Gasteiger partial charge >= 0.3 is 0 Å². The van der Waals surface area contributed by atoms with Crippen molar-refractivity contribution in [3.8, 4) is 0 Å². The van der Waals surface area contributed by atoms with Crippen molar-refractivity contribution < 1.29 is 14.1 Å². The number of benzene rings is 1. The quantitative estimate of drug-likeness (QED) is 0.467. The lowest BCUT2D eigenvalue weighted by atomic mass is 10.1. The molecule has 0 saturated heterocycles. The Morgan fingerprint density at radius 2 is 2.14 bits per heavy atom. The standard InChI is InChI=1S/C8H5BrFNO3/c1-4(12)7-5(10)2-3-6(8(7)9)11(13)14/h2-3H,1H3. The van der Waals surface area contributed by atoms with Gasteiger partial charge in [0.1, 0.15) is 10.3 Å². The zero-order valence-corrected chi connectivity index (χ0v) is 8.67. The first-order valence-corrected chi connectivity index (χ1v) is 4.37. The lowest BCUT2D eigenvalue weighted by Gasteiger charge is -2.02. The zero-order valence-electron chi connectivity index (χ0n) is 7.08. The van der Waals surface area contributed by atoms with Gasteiger partial charge in [0.25, 0.3) is 5.69 Å². The molecule has 0 aromatic heterocycles. The zero-order chi connectivity index (χ0) is 10.9. The van der Waals surface area contributed by atoms with Gasteiger partial charge in [-0.1, -0.05) is 0 Å². The maximum atomic E-state index is 13.1. The molecule has 0 aliphatic rings. The summed E-state index contributed by atoms with van der Waals surface area (Å²) >= 11 is 2.83. The largest absolute Gasteiger partial charge is 0.294 e. The van der Waals surface area contributed by atoms with Crippen LogP contribution in [-0.2, 0) is 0 Å². The summed E-state index contributed by atoms with van der Waals surface area (Å²) in [6.45, 7) is 1.15. The number of hydrogen-bond donors (Lipinski definition) is 0. The highest BCUT2D eigenvalue weighted by molar-refractivity contribution is 9.10. The molecule has 0 N–H and O–H groups in total. The molecule has 0 unspecified atom stereocenters. The van der Waals surface area contributed by atoms with Gasteiger partial charge in [0.05, 0.1) is 10.5 Å². The van der Waals surface area contributed by atoms with Crippen LogP contribution in [0.3, 0.4) is 0 Å². The summed E-state index contributed by atoms with van der Waals surface area (Å²) < 4.78 is 13.0. The van der Waals surface area contributed by atoms with Gasteiger partial charge < -0.3 is 0 Å². The fourth-order valence-corrected chi connectivity index (χ4v) is 1.75. The van der Waals surface area contributed by atoms with E-state index in [-0.39, 0.29) is 15.7 Å². The second-order valence-corrected chi connectivity index (χ2v) is 3.36. The maximum Gasteiger partial charge on any atom is 0.284 e. The van der Waals surface area contributed by atoms with E-state index < -0.39 is 16.5 Å². The molecule has 0 fully saturated rings. The Morgan fingerprint density at radius 1 is 1.57 bits per heavy atom. The predicted molar refractivity (Wildman–Crippen MR) is 50.8 cm³/mol. The Balaban J connectivity index is 3.49. The van der Waals surface area contributed by atoms with E-state index >= 15 is 0 Å². The number of carbonyl (C=O) groups excluding carboxylic acids is 1. The number of Topliss-reactive ketones (excluding diaryl/α,β-unsaturated/α-hetero) is 1. The average molecular weight is 262 g/mol. The molecular formula is C8H5BrFNO3. The van der Waals surface area contributed by atoms with Gasteiger partial charge in [0.2, 0.25) is 0 Å². The molecule has 0 radical (unpaired) electrons. The van der Waals surface area contributed by atoms with E-state index in [9.17, 15) is 19.3 Å². The molecule has 4 nitrogen and oxygen atoms in total.